The number of anilines is 1. The maximum atomic E-state index is 9.11. The van der Waals surface area contributed by atoms with Crippen LogP contribution >= 0.6 is 0 Å². The van der Waals surface area contributed by atoms with Crippen molar-refractivity contribution >= 4 is 5.82 Å². The first-order valence-corrected chi connectivity index (χ1v) is 7.88. The summed E-state index contributed by atoms with van der Waals surface area (Å²) < 4.78 is 11.6. The van der Waals surface area contributed by atoms with Crippen LogP contribution in [0.2, 0.25) is 0 Å². The van der Waals surface area contributed by atoms with E-state index in [1.54, 1.807) is 12.3 Å². The first-order chi connectivity index (χ1) is 11.4. The highest BCUT2D eigenvalue weighted by atomic mass is 16.6. The van der Waals surface area contributed by atoms with E-state index in [9.17, 15) is 0 Å². The fraction of sp³-hybridized carbons (Fsp3) is 0.333. The molecule has 3 heterocycles. The van der Waals surface area contributed by atoms with Gasteiger partial charge in [0.05, 0.1) is 17.7 Å². The summed E-state index contributed by atoms with van der Waals surface area (Å²) in [7, 11) is 0. The number of hydrogen-bond donors (Lipinski definition) is 0. The Hall–Kier alpha value is -2.74. The van der Waals surface area contributed by atoms with Gasteiger partial charge in [-0.2, -0.15) is 5.26 Å². The summed E-state index contributed by atoms with van der Waals surface area (Å²) in [5.74, 6) is 2.52. The molecule has 1 aromatic carbocycles. The summed E-state index contributed by atoms with van der Waals surface area (Å²) in [6, 6.07) is 12.0. The van der Waals surface area contributed by atoms with Crippen molar-refractivity contribution in [3.63, 3.8) is 0 Å². The fourth-order valence-electron chi connectivity index (χ4n) is 3.37. The molecule has 0 spiro atoms. The van der Waals surface area contributed by atoms with Crippen LogP contribution in [0.4, 0.5) is 5.82 Å². The second kappa shape index (κ2) is 5.81. The van der Waals surface area contributed by atoms with Gasteiger partial charge in [0.15, 0.2) is 11.5 Å². The normalized spacial score (nSPS) is 19.4. The maximum absolute atomic E-state index is 9.11. The molecule has 5 nitrogen and oxygen atoms in total. The number of pyridine rings is 1. The summed E-state index contributed by atoms with van der Waals surface area (Å²) in [6.45, 7) is 2.10. The standard InChI is InChI=1S/C18H17N3O2/c19-12-13-6-7-20-17(11-13)21-8-2-4-15(21)14-3-1-5-16-18(14)23-10-9-22-16/h1,3,5-7,11,15H,2,4,8-10H2/t15-/m1/s1. The van der Waals surface area contributed by atoms with Crippen LogP contribution < -0.4 is 14.4 Å². The Labute approximate surface area is 135 Å². The first kappa shape index (κ1) is 13.9. The molecule has 0 radical (unpaired) electrons. The predicted octanol–water partition coefficient (Wildman–Crippen LogP) is 3.07. The third-order valence-electron chi connectivity index (χ3n) is 4.38. The highest BCUT2D eigenvalue weighted by Crippen LogP contribution is 2.43. The number of ether oxygens (including phenoxy) is 2. The Morgan fingerprint density at radius 2 is 2.13 bits per heavy atom. The lowest BCUT2D eigenvalue weighted by Gasteiger charge is -2.29. The van der Waals surface area contributed by atoms with Gasteiger partial charge in [0.2, 0.25) is 0 Å². The van der Waals surface area contributed by atoms with Gasteiger partial charge in [-0.25, -0.2) is 4.98 Å². The van der Waals surface area contributed by atoms with Gasteiger partial charge in [-0.1, -0.05) is 12.1 Å². The summed E-state index contributed by atoms with van der Waals surface area (Å²) in [5.41, 5.74) is 1.78. The minimum absolute atomic E-state index is 0.202. The van der Waals surface area contributed by atoms with E-state index in [1.807, 2.05) is 18.2 Å². The molecule has 0 amide bonds. The molecule has 0 aliphatic carbocycles. The molecular weight excluding hydrogens is 290 g/mol. The van der Waals surface area contributed by atoms with E-state index in [2.05, 4.69) is 22.0 Å². The fourth-order valence-corrected chi connectivity index (χ4v) is 3.37. The van der Waals surface area contributed by atoms with Crippen molar-refractivity contribution in [3.8, 4) is 17.6 Å². The summed E-state index contributed by atoms with van der Waals surface area (Å²) in [4.78, 5) is 6.72. The Balaban J connectivity index is 1.72. The highest BCUT2D eigenvalue weighted by molar-refractivity contribution is 5.54. The molecule has 0 N–H and O–H groups in total. The van der Waals surface area contributed by atoms with Gasteiger partial charge in [-0.3, -0.25) is 0 Å². The van der Waals surface area contributed by atoms with Gasteiger partial charge < -0.3 is 14.4 Å². The van der Waals surface area contributed by atoms with Crippen LogP contribution in [0.25, 0.3) is 0 Å². The van der Waals surface area contributed by atoms with Gasteiger partial charge in [0, 0.05) is 18.3 Å². The van der Waals surface area contributed by atoms with Crippen LogP contribution in [0.3, 0.4) is 0 Å². The molecule has 23 heavy (non-hydrogen) atoms. The molecule has 0 bridgehead atoms. The van der Waals surface area contributed by atoms with Gasteiger partial charge in [0.25, 0.3) is 0 Å². The van der Waals surface area contributed by atoms with Gasteiger partial charge in [-0.15, -0.1) is 0 Å². The Bertz CT molecular complexity index is 769. The van der Waals surface area contributed by atoms with Crippen LogP contribution in [0.15, 0.2) is 36.5 Å². The van der Waals surface area contributed by atoms with E-state index in [4.69, 9.17) is 14.7 Å². The molecule has 4 rings (SSSR count). The third kappa shape index (κ3) is 2.46. The molecule has 2 aliphatic heterocycles. The van der Waals surface area contributed by atoms with Crippen molar-refractivity contribution in [1.82, 2.24) is 4.98 Å². The Morgan fingerprint density at radius 1 is 1.22 bits per heavy atom. The SMILES string of the molecule is N#Cc1ccnc(N2CCC[C@@H]2c2cccc3c2OCCO3)c1. The van der Waals surface area contributed by atoms with Gasteiger partial charge in [0.1, 0.15) is 19.0 Å². The molecule has 1 aromatic heterocycles. The van der Waals surface area contributed by atoms with Crippen LogP contribution in [-0.4, -0.2) is 24.7 Å². The number of nitriles is 1. The molecule has 0 saturated carbocycles. The van der Waals surface area contributed by atoms with Crippen LogP contribution in [-0.2, 0) is 0 Å². The van der Waals surface area contributed by atoms with Crippen molar-refractivity contribution in [2.24, 2.45) is 0 Å². The van der Waals surface area contributed by atoms with Crippen molar-refractivity contribution in [2.45, 2.75) is 18.9 Å². The van der Waals surface area contributed by atoms with Crippen LogP contribution in [0.5, 0.6) is 11.5 Å². The molecule has 5 heteroatoms. The zero-order valence-corrected chi connectivity index (χ0v) is 12.7. The van der Waals surface area contributed by atoms with E-state index in [1.165, 1.54) is 0 Å². The van der Waals surface area contributed by atoms with E-state index >= 15 is 0 Å². The topological polar surface area (TPSA) is 58.4 Å². The Morgan fingerprint density at radius 3 is 3.04 bits per heavy atom. The Kier molecular flexibility index (Phi) is 3.51. The number of benzene rings is 1. The van der Waals surface area contributed by atoms with Crippen LogP contribution in [0, 0.1) is 11.3 Å². The largest absolute Gasteiger partial charge is 0.486 e. The molecule has 1 fully saturated rings. The maximum Gasteiger partial charge on any atom is 0.166 e. The van der Waals surface area contributed by atoms with Crippen molar-refractivity contribution in [3.05, 3.63) is 47.7 Å². The monoisotopic (exact) mass is 307 g/mol. The smallest absolute Gasteiger partial charge is 0.166 e. The number of hydrogen-bond acceptors (Lipinski definition) is 5. The zero-order valence-electron chi connectivity index (χ0n) is 12.7. The minimum atomic E-state index is 0.202. The minimum Gasteiger partial charge on any atom is -0.486 e. The zero-order chi connectivity index (χ0) is 15.6. The second-order valence-electron chi connectivity index (χ2n) is 5.74. The van der Waals surface area contributed by atoms with Crippen molar-refractivity contribution < 1.29 is 9.47 Å². The average molecular weight is 307 g/mol. The summed E-state index contributed by atoms with van der Waals surface area (Å²) in [6.07, 6.45) is 3.83. The average Bonchev–Trinajstić information content (AvgIpc) is 3.11. The molecule has 0 unspecified atom stereocenters. The molecular formula is C18H17N3O2. The number of aromatic nitrogens is 1. The molecule has 1 saturated heterocycles. The lowest BCUT2D eigenvalue weighted by atomic mass is 10.0. The number of nitrogens with zero attached hydrogens (tertiary/aromatic N) is 3. The van der Waals surface area contributed by atoms with E-state index < -0.39 is 0 Å². The second-order valence-corrected chi connectivity index (χ2v) is 5.74. The van der Waals surface area contributed by atoms with Crippen molar-refractivity contribution in [2.75, 3.05) is 24.7 Å². The summed E-state index contributed by atoms with van der Waals surface area (Å²) >= 11 is 0. The van der Waals surface area contributed by atoms with E-state index in [0.29, 0.717) is 18.8 Å². The predicted molar refractivity (Wildman–Crippen MR) is 85.7 cm³/mol. The first-order valence-electron chi connectivity index (χ1n) is 7.88. The quantitative estimate of drug-likeness (QED) is 0.853. The van der Waals surface area contributed by atoms with Crippen LogP contribution in [0.1, 0.15) is 30.0 Å². The van der Waals surface area contributed by atoms with E-state index in [-0.39, 0.29) is 6.04 Å². The molecule has 116 valence electrons. The lowest BCUT2D eigenvalue weighted by molar-refractivity contribution is 0.169. The molecule has 2 aromatic rings. The molecule has 2 aliphatic rings. The lowest BCUT2D eigenvalue weighted by Crippen LogP contribution is -2.25. The van der Waals surface area contributed by atoms with E-state index in [0.717, 1.165) is 42.3 Å². The third-order valence-corrected chi connectivity index (χ3v) is 4.38. The number of para-hydroxylation sites is 1. The summed E-state index contributed by atoms with van der Waals surface area (Å²) in [5, 5.41) is 9.11. The van der Waals surface area contributed by atoms with Gasteiger partial charge >= 0.3 is 0 Å². The highest BCUT2D eigenvalue weighted by Gasteiger charge is 2.31. The number of rotatable bonds is 2. The number of fused-ring (bicyclic) bond motifs is 1. The molecule has 1 atom stereocenters. The van der Waals surface area contributed by atoms with Gasteiger partial charge in [-0.05, 0) is 31.0 Å². The van der Waals surface area contributed by atoms with Crippen molar-refractivity contribution in [1.29, 1.82) is 5.26 Å².